The summed E-state index contributed by atoms with van der Waals surface area (Å²) in [5, 5.41) is 3.06. The van der Waals surface area contributed by atoms with Crippen LogP contribution in [0.4, 0.5) is 0 Å². The number of rotatable bonds is 8. The molecular weight excluding hydrogens is 352 g/mol. The normalized spacial score (nSPS) is 15.6. The number of ether oxygens (including phenoxy) is 2. The molecule has 1 aliphatic heterocycles. The zero-order valence-electron chi connectivity index (χ0n) is 17.1. The van der Waals surface area contributed by atoms with Crippen molar-refractivity contribution in [3.05, 3.63) is 58.7 Å². The van der Waals surface area contributed by atoms with Crippen LogP contribution in [0.15, 0.2) is 36.4 Å². The molecule has 1 unspecified atom stereocenters. The molecule has 3 rings (SSSR count). The van der Waals surface area contributed by atoms with Gasteiger partial charge in [-0.05, 0) is 49.6 Å². The summed E-state index contributed by atoms with van der Waals surface area (Å²) in [6.45, 7) is 10.1. The summed E-state index contributed by atoms with van der Waals surface area (Å²) in [5.41, 5.74) is 4.92. The Bertz CT molecular complexity index is 819. The van der Waals surface area contributed by atoms with Gasteiger partial charge in [0.1, 0.15) is 6.54 Å². The fourth-order valence-electron chi connectivity index (χ4n) is 3.69. The third-order valence-electron chi connectivity index (χ3n) is 5.20. The lowest BCUT2D eigenvalue weighted by Gasteiger charge is -2.26. The van der Waals surface area contributed by atoms with E-state index in [4.69, 9.17) is 9.47 Å². The second-order valence-electron chi connectivity index (χ2n) is 7.24. The first-order chi connectivity index (χ1) is 13.6. The molecular formula is C23H31N2O3+. The van der Waals surface area contributed by atoms with E-state index in [9.17, 15) is 4.79 Å². The van der Waals surface area contributed by atoms with Gasteiger partial charge in [-0.3, -0.25) is 4.79 Å². The van der Waals surface area contributed by atoms with Crippen molar-refractivity contribution in [2.45, 2.75) is 40.3 Å². The summed E-state index contributed by atoms with van der Waals surface area (Å²) >= 11 is 0. The Hall–Kier alpha value is -2.53. The average Bonchev–Trinajstić information content (AvgIpc) is 2.68. The number of carbonyl (C=O) groups excluding carboxylic acids is 1. The van der Waals surface area contributed by atoms with Gasteiger partial charge in [-0.2, -0.15) is 0 Å². The second-order valence-corrected chi connectivity index (χ2v) is 7.24. The first kappa shape index (κ1) is 20.2. The van der Waals surface area contributed by atoms with E-state index in [-0.39, 0.29) is 5.91 Å². The van der Waals surface area contributed by atoms with Crippen LogP contribution in [-0.4, -0.2) is 32.2 Å². The summed E-state index contributed by atoms with van der Waals surface area (Å²) in [4.78, 5) is 13.7. The molecule has 2 aromatic rings. The van der Waals surface area contributed by atoms with Crippen molar-refractivity contribution in [1.29, 1.82) is 0 Å². The van der Waals surface area contributed by atoms with Crippen LogP contribution < -0.4 is 19.7 Å². The highest BCUT2D eigenvalue weighted by atomic mass is 16.5. The molecule has 0 radical (unpaired) electrons. The number of carbonyl (C=O) groups is 1. The summed E-state index contributed by atoms with van der Waals surface area (Å²) < 4.78 is 11.5. The second kappa shape index (κ2) is 9.60. The highest BCUT2D eigenvalue weighted by molar-refractivity contribution is 5.76. The van der Waals surface area contributed by atoms with Crippen LogP contribution >= 0.6 is 0 Å². The lowest BCUT2D eigenvalue weighted by Crippen LogP contribution is -3.12. The fraction of sp³-hybridized carbons (Fsp3) is 0.435. The Morgan fingerprint density at radius 2 is 1.75 bits per heavy atom. The van der Waals surface area contributed by atoms with Crippen molar-refractivity contribution in [2.24, 2.45) is 0 Å². The molecule has 0 bridgehead atoms. The molecule has 5 nitrogen and oxygen atoms in total. The minimum atomic E-state index is 0.0951. The molecule has 2 aromatic carbocycles. The zero-order chi connectivity index (χ0) is 19.9. The van der Waals surface area contributed by atoms with E-state index < -0.39 is 0 Å². The molecule has 150 valence electrons. The van der Waals surface area contributed by atoms with Gasteiger partial charge in [-0.1, -0.05) is 24.3 Å². The molecule has 0 saturated heterocycles. The number of fused-ring (bicyclic) bond motifs is 1. The van der Waals surface area contributed by atoms with Crippen molar-refractivity contribution < 1.29 is 19.2 Å². The predicted octanol–water partition coefficient (Wildman–Crippen LogP) is 2.05. The van der Waals surface area contributed by atoms with Crippen molar-refractivity contribution in [3.63, 3.8) is 0 Å². The number of quaternary nitrogens is 1. The first-order valence-electron chi connectivity index (χ1n) is 10.2. The van der Waals surface area contributed by atoms with E-state index in [2.05, 4.69) is 36.5 Å². The topological polar surface area (TPSA) is 52.0 Å². The number of aryl methyl sites for hydroxylation is 1. The van der Waals surface area contributed by atoms with Crippen molar-refractivity contribution in [1.82, 2.24) is 5.32 Å². The Morgan fingerprint density at radius 1 is 1.07 bits per heavy atom. The van der Waals surface area contributed by atoms with Crippen LogP contribution in [0.2, 0.25) is 0 Å². The molecule has 0 aliphatic carbocycles. The Kier molecular flexibility index (Phi) is 6.93. The number of hydrogen-bond acceptors (Lipinski definition) is 3. The van der Waals surface area contributed by atoms with Crippen LogP contribution in [0, 0.1) is 6.92 Å². The van der Waals surface area contributed by atoms with Gasteiger partial charge >= 0.3 is 0 Å². The molecule has 1 atom stereocenters. The summed E-state index contributed by atoms with van der Waals surface area (Å²) in [6.07, 6.45) is 0.947. The summed E-state index contributed by atoms with van der Waals surface area (Å²) in [6, 6.07) is 12.4. The highest BCUT2D eigenvalue weighted by Crippen LogP contribution is 2.32. The molecule has 5 heteroatoms. The summed E-state index contributed by atoms with van der Waals surface area (Å²) in [7, 11) is 0. The molecule has 0 fully saturated rings. The molecule has 0 spiro atoms. The minimum Gasteiger partial charge on any atom is -0.490 e. The summed E-state index contributed by atoms with van der Waals surface area (Å²) in [5.74, 6) is 1.72. The molecule has 2 N–H and O–H groups in total. The Morgan fingerprint density at radius 3 is 2.43 bits per heavy atom. The number of benzene rings is 2. The third-order valence-corrected chi connectivity index (χ3v) is 5.20. The van der Waals surface area contributed by atoms with Gasteiger partial charge in [0.15, 0.2) is 18.0 Å². The van der Waals surface area contributed by atoms with Crippen molar-refractivity contribution in [3.8, 4) is 11.5 Å². The van der Waals surface area contributed by atoms with Gasteiger partial charge in [-0.25, -0.2) is 0 Å². The molecule has 1 amide bonds. The van der Waals surface area contributed by atoms with Gasteiger partial charge in [0, 0.05) is 18.5 Å². The van der Waals surface area contributed by atoms with E-state index in [1.165, 1.54) is 27.2 Å². The predicted molar refractivity (Wildman–Crippen MR) is 110 cm³/mol. The van der Waals surface area contributed by atoms with E-state index in [1.54, 1.807) is 0 Å². The molecule has 1 heterocycles. The van der Waals surface area contributed by atoms with Crippen molar-refractivity contribution >= 4 is 5.91 Å². The molecule has 0 aromatic heterocycles. The maximum absolute atomic E-state index is 12.4. The van der Waals surface area contributed by atoms with Gasteiger partial charge in [-0.15, -0.1) is 0 Å². The highest BCUT2D eigenvalue weighted by Gasteiger charge is 2.24. The van der Waals surface area contributed by atoms with Crippen LogP contribution in [0.5, 0.6) is 11.5 Å². The third kappa shape index (κ3) is 5.04. The zero-order valence-corrected chi connectivity index (χ0v) is 17.1. The van der Waals surface area contributed by atoms with E-state index in [0.717, 1.165) is 31.0 Å². The molecule has 1 aliphatic rings. The van der Waals surface area contributed by atoms with Gasteiger partial charge in [0.25, 0.3) is 5.91 Å². The minimum absolute atomic E-state index is 0.0951. The van der Waals surface area contributed by atoms with Gasteiger partial charge < -0.3 is 19.7 Å². The van der Waals surface area contributed by atoms with Gasteiger partial charge in [0.2, 0.25) is 0 Å². The maximum atomic E-state index is 12.4. The Labute approximate surface area is 167 Å². The van der Waals surface area contributed by atoms with E-state index in [1.807, 2.05) is 26.0 Å². The quantitative estimate of drug-likeness (QED) is 0.734. The van der Waals surface area contributed by atoms with Crippen LogP contribution in [0.25, 0.3) is 0 Å². The van der Waals surface area contributed by atoms with Crippen LogP contribution in [-0.2, 0) is 24.3 Å². The smallest absolute Gasteiger partial charge is 0.275 e. The Balaban J connectivity index is 1.60. The van der Waals surface area contributed by atoms with Crippen LogP contribution in [0.3, 0.4) is 0 Å². The average molecular weight is 384 g/mol. The monoisotopic (exact) mass is 383 g/mol. The van der Waals surface area contributed by atoms with Crippen molar-refractivity contribution in [2.75, 3.05) is 26.3 Å². The van der Waals surface area contributed by atoms with Crippen LogP contribution in [0.1, 0.15) is 36.1 Å². The SMILES string of the molecule is CCOc1cc2c(cc1OCC)C[NH+](CC(=O)NCc1ccccc1C)CC2. The first-order valence-corrected chi connectivity index (χ1v) is 10.2. The lowest BCUT2D eigenvalue weighted by molar-refractivity contribution is -0.908. The van der Waals surface area contributed by atoms with E-state index in [0.29, 0.717) is 26.3 Å². The maximum Gasteiger partial charge on any atom is 0.275 e. The number of nitrogens with one attached hydrogen (secondary N) is 2. The standard InChI is InChI=1S/C23H30N2O3/c1-4-27-21-12-18-10-11-25(15-20(18)13-22(21)28-5-2)16-23(26)24-14-19-9-7-6-8-17(19)3/h6-9,12-13H,4-5,10-11,14-16H2,1-3H3,(H,24,26)/p+1. The number of hydrogen-bond donors (Lipinski definition) is 2. The number of amides is 1. The van der Waals surface area contributed by atoms with Gasteiger partial charge in [0.05, 0.1) is 19.8 Å². The largest absolute Gasteiger partial charge is 0.490 e. The molecule has 28 heavy (non-hydrogen) atoms. The van der Waals surface area contributed by atoms with E-state index >= 15 is 0 Å². The lowest BCUT2D eigenvalue weighted by atomic mass is 9.98. The molecule has 0 saturated carbocycles. The fourth-order valence-corrected chi connectivity index (χ4v) is 3.69.